The molecule has 21 heavy (non-hydrogen) atoms. The minimum atomic E-state index is 0.00932. The summed E-state index contributed by atoms with van der Waals surface area (Å²) in [6, 6.07) is 13.4. The van der Waals surface area contributed by atoms with E-state index in [2.05, 4.69) is 18.2 Å². The molecule has 0 atom stereocenters. The van der Waals surface area contributed by atoms with Gasteiger partial charge in [0.15, 0.2) is 0 Å². The van der Waals surface area contributed by atoms with Crippen LogP contribution < -0.4 is 5.73 Å². The molecule has 0 spiro atoms. The summed E-state index contributed by atoms with van der Waals surface area (Å²) in [7, 11) is 0. The van der Waals surface area contributed by atoms with Crippen LogP contribution in [0.2, 0.25) is 5.02 Å². The Balaban J connectivity index is 1.86. The van der Waals surface area contributed by atoms with E-state index in [4.69, 9.17) is 17.3 Å². The zero-order chi connectivity index (χ0) is 14.8. The van der Waals surface area contributed by atoms with Gasteiger partial charge in [-0.15, -0.1) is 0 Å². The van der Waals surface area contributed by atoms with E-state index >= 15 is 0 Å². The Labute approximate surface area is 129 Å². The number of carbonyl (C=O) groups is 1. The monoisotopic (exact) mass is 300 g/mol. The highest BCUT2D eigenvalue weighted by atomic mass is 35.5. The molecule has 0 aromatic heterocycles. The Morgan fingerprint density at radius 3 is 2.67 bits per heavy atom. The van der Waals surface area contributed by atoms with Crippen LogP contribution in [0.3, 0.4) is 0 Å². The second-order valence-electron chi connectivity index (χ2n) is 5.34. The van der Waals surface area contributed by atoms with Gasteiger partial charge in [-0.25, -0.2) is 0 Å². The van der Waals surface area contributed by atoms with Crippen molar-refractivity contribution in [1.29, 1.82) is 0 Å². The third-order valence-corrected chi connectivity index (χ3v) is 4.23. The van der Waals surface area contributed by atoms with Crippen molar-refractivity contribution in [3.05, 3.63) is 64.2 Å². The molecule has 0 unspecified atom stereocenters. The Morgan fingerprint density at radius 2 is 1.90 bits per heavy atom. The van der Waals surface area contributed by atoms with E-state index in [1.165, 1.54) is 11.1 Å². The molecule has 0 fully saturated rings. The van der Waals surface area contributed by atoms with Crippen molar-refractivity contribution in [2.75, 3.05) is 12.3 Å². The van der Waals surface area contributed by atoms with E-state index in [1.807, 2.05) is 11.0 Å². The van der Waals surface area contributed by atoms with Crippen LogP contribution in [0.5, 0.6) is 0 Å². The summed E-state index contributed by atoms with van der Waals surface area (Å²) < 4.78 is 0. The van der Waals surface area contributed by atoms with E-state index in [9.17, 15) is 4.79 Å². The maximum Gasteiger partial charge on any atom is 0.254 e. The minimum absolute atomic E-state index is 0.00932. The molecule has 0 aliphatic carbocycles. The van der Waals surface area contributed by atoms with Crippen molar-refractivity contribution < 1.29 is 4.79 Å². The first-order valence-electron chi connectivity index (χ1n) is 7.06. The number of halogens is 1. The highest BCUT2D eigenvalue weighted by Gasteiger charge is 2.20. The third-order valence-electron chi connectivity index (χ3n) is 3.88. The fourth-order valence-corrected chi connectivity index (χ4v) is 2.85. The number of nitrogen functional groups attached to an aromatic ring is 1. The molecule has 0 saturated heterocycles. The maximum atomic E-state index is 12.7. The van der Waals surface area contributed by atoms with Crippen molar-refractivity contribution in [2.45, 2.75) is 19.4 Å². The van der Waals surface area contributed by atoms with E-state index in [0.717, 1.165) is 19.4 Å². The summed E-state index contributed by atoms with van der Waals surface area (Å²) >= 11 is 5.91. The molecule has 108 valence electrons. The molecular formula is C17H17ClN2O. The lowest BCUT2D eigenvalue weighted by atomic mass is 10.0. The first-order valence-corrected chi connectivity index (χ1v) is 7.44. The second-order valence-corrected chi connectivity index (χ2v) is 5.74. The Bertz CT molecular complexity index is 684. The number of anilines is 1. The van der Waals surface area contributed by atoms with E-state index in [0.29, 0.717) is 22.8 Å². The van der Waals surface area contributed by atoms with Crippen LogP contribution in [0.1, 0.15) is 27.9 Å². The van der Waals surface area contributed by atoms with E-state index in [1.54, 1.807) is 18.2 Å². The number of hydrogen-bond donors (Lipinski definition) is 1. The SMILES string of the molecule is Nc1cc(C(=O)N2CCCc3ccccc3C2)ccc1Cl. The van der Waals surface area contributed by atoms with Crippen molar-refractivity contribution in [3.63, 3.8) is 0 Å². The molecule has 3 rings (SSSR count). The fourth-order valence-electron chi connectivity index (χ4n) is 2.73. The lowest BCUT2D eigenvalue weighted by Crippen LogP contribution is -2.30. The highest BCUT2D eigenvalue weighted by molar-refractivity contribution is 6.33. The molecule has 0 radical (unpaired) electrons. The molecule has 0 saturated carbocycles. The minimum Gasteiger partial charge on any atom is -0.398 e. The molecule has 0 bridgehead atoms. The largest absolute Gasteiger partial charge is 0.398 e. The predicted octanol–water partition coefficient (Wildman–Crippen LogP) is 3.51. The summed E-state index contributed by atoms with van der Waals surface area (Å²) in [4.78, 5) is 14.5. The summed E-state index contributed by atoms with van der Waals surface area (Å²) in [5.74, 6) is 0.00932. The smallest absolute Gasteiger partial charge is 0.254 e. The van der Waals surface area contributed by atoms with Gasteiger partial charge >= 0.3 is 0 Å². The Morgan fingerprint density at radius 1 is 1.14 bits per heavy atom. The molecule has 2 aromatic carbocycles. The van der Waals surface area contributed by atoms with Gasteiger partial charge in [-0.05, 0) is 42.2 Å². The molecule has 2 aromatic rings. The summed E-state index contributed by atoms with van der Waals surface area (Å²) in [5, 5.41) is 0.479. The molecule has 1 amide bonds. The van der Waals surface area contributed by atoms with Crippen LogP contribution in [0.4, 0.5) is 5.69 Å². The molecule has 1 heterocycles. The van der Waals surface area contributed by atoms with Gasteiger partial charge in [0.05, 0.1) is 10.7 Å². The van der Waals surface area contributed by atoms with Gasteiger partial charge in [-0.3, -0.25) is 4.79 Å². The van der Waals surface area contributed by atoms with Crippen LogP contribution in [-0.4, -0.2) is 17.4 Å². The van der Waals surface area contributed by atoms with Crippen LogP contribution in [0.25, 0.3) is 0 Å². The summed E-state index contributed by atoms with van der Waals surface area (Å²) in [5.41, 5.74) is 9.39. The van der Waals surface area contributed by atoms with Crippen LogP contribution >= 0.6 is 11.6 Å². The van der Waals surface area contributed by atoms with Gasteiger partial charge in [-0.1, -0.05) is 35.9 Å². The zero-order valence-electron chi connectivity index (χ0n) is 11.7. The lowest BCUT2D eigenvalue weighted by molar-refractivity contribution is 0.0746. The number of benzene rings is 2. The number of amides is 1. The summed E-state index contributed by atoms with van der Waals surface area (Å²) in [6.07, 6.45) is 1.99. The van der Waals surface area contributed by atoms with Crippen LogP contribution in [0.15, 0.2) is 42.5 Å². The normalized spacial score (nSPS) is 14.4. The number of nitrogens with two attached hydrogens (primary N) is 1. The number of carbonyl (C=O) groups excluding carboxylic acids is 1. The van der Waals surface area contributed by atoms with Crippen molar-refractivity contribution in [3.8, 4) is 0 Å². The number of hydrogen-bond acceptors (Lipinski definition) is 2. The van der Waals surface area contributed by atoms with Crippen LogP contribution in [0, 0.1) is 0 Å². The number of aryl methyl sites for hydroxylation is 1. The van der Waals surface area contributed by atoms with Crippen molar-refractivity contribution in [2.24, 2.45) is 0 Å². The average Bonchev–Trinajstić information content (AvgIpc) is 2.71. The van der Waals surface area contributed by atoms with Gasteiger partial charge in [-0.2, -0.15) is 0 Å². The first-order chi connectivity index (χ1) is 10.1. The second kappa shape index (κ2) is 5.78. The zero-order valence-corrected chi connectivity index (χ0v) is 12.4. The standard InChI is InChI=1S/C17H17ClN2O/c18-15-8-7-13(10-16(15)19)17(21)20-9-3-6-12-4-1-2-5-14(12)11-20/h1-2,4-5,7-8,10H,3,6,9,11,19H2. The van der Waals surface area contributed by atoms with Gasteiger partial charge < -0.3 is 10.6 Å². The highest BCUT2D eigenvalue weighted by Crippen LogP contribution is 2.23. The number of rotatable bonds is 1. The Kier molecular flexibility index (Phi) is 3.84. The quantitative estimate of drug-likeness (QED) is 0.819. The van der Waals surface area contributed by atoms with Gasteiger partial charge in [0.1, 0.15) is 0 Å². The number of nitrogens with zero attached hydrogens (tertiary/aromatic N) is 1. The van der Waals surface area contributed by atoms with E-state index < -0.39 is 0 Å². The predicted molar refractivity (Wildman–Crippen MR) is 85.4 cm³/mol. The molecule has 1 aliphatic rings. The molecule has 3 nitrogen and oxygen atoms in total. The topological polar surface area (TPSA) is 46.3 Å². The van der Waals surface area contributed by atoms with Gasteiger partial charge in [0.25, 0.3) is 5.91 Å². The summed E-state index contributed by atoms with van der Waals surface area (Å²) in [6.45, 7) is 1.41. The molecule has 4 heteroatoms. The fraction of sp³-hybridized carbons (Fsp3) is 0.235. The number of fused-ring (bicyclic) bond motifs is 1. The molecular weight excluding hydrogens is 284 g/mol. The first kappa shape index (κ1) is 14.0. The third kappa shape index (κ3) is 2.88. The molecule has 2 N–H and O–H groups in total. The lowest BCUT2D eigenvalue weighted by Gasteiger charge is -2.21. The molecule has 1 aliphatic heterocycles. The van der Waals surface area contributed by atoms with Crippen molar-refractivity contribution >= 4 is 23.2 Å². The van der Waals surface area contributed by atoms with Crippen molar-refractivity contribution in [1.82, 2.24) is 4.90 Å². The average molecular weight is 301 g/mol. The van der Waals surface area contributed by atoms with Gasteiger partial charge in [0, 0.05) is 18.7 Å². The van der Waals surface area contributed by atoms with E-state index in [-0.39, 0.29) is 5.91 Å². The Hall–Kier alpha value is -2.00. The van der Waals surface area contributed by atoms with Gasteiger partial charge in [0.2, 0.25) is 0 Å². The van der Waals surface area contributed by atoms with Crippen LogP contribution in [-0.2, 0) is 13.0 Å². The maximum absolute atomic E-state index is 12.7.